The van der Waals surface area contributed by atoms with E-state index in [-0.39, 0.29) is 5.56 Å². The first kappa shape index (κ1) is 20.3. The lowest BCUT2D eigenvalue weighted by atomic mass is 9.77. The minimum absolute atomic E-state index is 0.0637. The summed E-state index contributed by atoms with van der Waals surface area (Å²) in [5.41, 5.74) is 7.40. The Morgan fingerprint density at radius 1 is 1.06 bits per heavy atom. The van der Waals surface area contributed by atoms with Gasteiger partial charge in [-0.15, -0.1) is 0 Å². The van der Waals surface area contributed by atoms with Gasteiger partial charge in [-0.25, -0.2) is 0 Å². The predicted octanol–water partition coefficient (Wildman–Crippen LogP) is 1.54. The van der Waals surface area contributed by atoms with Crippen LogP contribution in [-0.2, 0) is 25.9 Å². The average molecular weight is 417 g/mol. The molecule has 0 saturated carbocycles. The van der Waals surface area contributed by atoms with Crippen LogP contribution in [-0.4, -0.2) is 47.2 Å². The molecule has 31 heavy (non-hydrogen) atoms. The fourth-order valence-electron chi connectivity index (χ4n) is 5.35. The van der Waals surface area contributed by atoms with Crippen molar-refractivity contribution in [2.75, 3.05) is 25.0 Å². The molecule has 5 rings (SSSR count). The second-order valence-corrected chi connectivity index (χ2v) is 8.88. The van der Waals surface area contributed by atoms with Crippen LogP contribution in [0.2, 0.25) is 0 Å². The van der Waals surface area contributed by atoms with E-state index in [1.165, 1.54) is 23.2 Å². The summed E-state index contributed by atoms with van der Waals surface area (Å²) in [6.07, 6.45) is 4.40. The van der Waals surface area contributed by atoms with E-state index < -0.39 is 7.12 Å². The normalized spacial score (nSPS) is 15.4. The third-order valence-electron chi connectivity index (χ3n) is 6.64. The molecule has 0 unspecified atom stereocenters. The lowest BCUT2D eigenvalue weighted by Gasteiger charge is -2.37. The Morgan fingerprint density at radius 3 is 2.61 bits per heavy atom. The molecule has 160 valence electrons. The summed E-state index contributed by atoms with van der Waals surface area (Å²) < 4.78 is 0. The van der Waals surface area contributed by atoms with Crippen LogP contribution in [0.3, 0.4) is 0 Å². The number of rotatable bonds is 5. The summed E-state index contributed by atoms with van der Waals surface area (Å²) in [7, 11) is 0.505. The average Bonchev–Trinajstić information content (AvgIpc) is 2.75. The highest BCUT2D eigenvalue weighted by atomic mass is 16.4. The van der Waals surface area contributed by atoms with Gasteiger partial charge >= 0.3 is 7.12 Å². The van der Waals surface area contributed by atoms with E-state index >= 15 is 0 Å². The molecule has 3 heterocycles. The maximum Gasteiger partial charge on any atom is 0.488 e. The van der Waals surface area contributed by atoms with Gasteiger partial charge in [-0.2, -0.15) is 0 Å². The number of nitrogens with zero attached hydrogens (tertiary/aromatic N) is 2. The minimum Gasteiger partial charge on any atom is -0.423 e. The van der Waals surface area contributed by atoms with E-state index in [1.807, 2.05) is 19.2 Å². The van der Waals surface area contributed by atoms with Gasteiger partial charge in [0.2, 0.25) is 5.56 Å². The number of aromatic nitrogens is 1. The van der Waals surface area contributed by atoms with Crippen molar-refractivity contribution >= 4 is 29.2 Å². The van der Waals surface area contributed by atoms with Crippen molar-refractivity contribution < 1.29 is 10.0 Å². The van der Waals surface area contributed by atoms with Gasteiger partial charge in [-0.05, 0) is 66.5 Å². The first-order chi connectivity index (χ1) is 15.0. The first-order valence-electron chi connectivity index (χ1n) is 11.1. The van der Waals surface area contributed by atoms with Crippen LogP contribution < -0.4 is 15.9 Å². The summed E-state index contributed by atoms with van der Waals surface area (Å²) in [6.45, 7) is 3.38. The molecule has 0 fully saturated rings. The minimum atomic E-state index is -1.49. The molecule has 3 N–H and O–H groups in total. The third kappa shape index (κ3) is 3.78. The van der Waals surface area contributed by atoms with Gasteiger partial charge in [-0.3, -0.25) is 9.69 Å². The molecule has 0 amide bonds. The lowest BCUT2D eigenvalue weighted by molar-refractivity contribution is 0.320. The second kappa shape index (κ2) is 8.15. The summed E-state index contributed by atoms with van der Waals surface area (Å²) in [5, 5.41) is 20.5. The topological polar surface area (TPSA) is 79.8 Å². The summed E-state index contributed by atoms with van der Waals surface area (Å²) in [5.74, 6) is 0. The van der Waals surface area contributed by atoms with Crippen molar-refractivity contribution in [3.05, 3.63) is 69.0 Å². The number of nitrogens with one attached hydrogen (secondary N) is 1. The summed E-state index contributed by atoms with van der Waals surface area (Å²) in [4.78, 5) is 20.3. The number of pyridine rings is 1. The van der Waals surface area contributed by atoms with E-state index in [0.29, 0.717) is 18.6 Å². The quantitative estimate of drug-likeness (QED) is 0.549. The fraction of sp³-hybridized carbons (Fsp3) is 0.375. The maximum atomic E-state index is 12.6. The molecule has 0 spiro atoms. The first-order valence-corrected chi connectivity index (χ1v) is 11.1. The smallest absolute Gasteiger partial charge is 0.423 e. The monoisotopic (exact) mass is 417 g/mol. The van der Waals surface area contributed by atoms with Crippen molar-refractivity contribution in [2.24, 2.45) is 0 Å². The molecule has 7 heteroatoms. The summed E-state index contributed by atoms with van der Waals surface area (Å²) >= 11 is 0. The number of hydrogen-bond acceptors (Lipinski definition) is 5. The van der Waals surface area contributed by atoms with Gasteiger partial charge in [0.25, 0.3) is 0 Å². The Labute approximate surface area is 182 Å². The van der Waals surface area contributed by atoms with E-state index in [2.05, 4.69) is 20.9 Å². The van der Waals surface area contributed by atoms with Gasteiger partial charge in [0, 0.05) is 43.3 Å². The van der Waals surface area contributed by atoms with Crippen molar-refractivity contribution in [2.45, 2.75) is 38.8 Å². The second-order valence-electron chi connectivity index (χ2n) is 8.88. The Balaban J connectivity index is 1.53. The van der Waals surface area contributed by atoms with Gasteiger partial charge in [-0.1, -0.05) is 24.3 Å². The molecule has 0 bridgehead atoms. The van der Waals surface area contributed by atoms with Crippen molar-refractivity contribution in [3.8, 4) is 0 Å². The maximum absolute atomic E-state index is 12.6. The van der Waals surface area contributed by atoms with Gasteiger partial charge in [0.05, 0.1) is 5.52 Å². The molecule has 2 aliphatic rings. The van der Waals surface area contributed by atoms with Crippen LogP contribution in [0.4, 0.5) is 5.69 Å². The molecule has 2 aliphatic heterocycles. The predicted molar refractivity (Wildman–Crippen MR) is 125 cm³/mol. The van der Waals surface area contributed by atoms with Crippen LogP contribution in [0, 0.1) is 0 Å². The zero-order valence-electron chi connectivity index (χ0n) is 17.9. The Morgan fingerprint density at radius 2 is 1.81 bits per heavy atom. The van der Waals surface area contributed by atoms with Crippen molar-refractivity contribution in [1.29, 1.82) is 0 Å². The lowest BCUT2D eigenvalue weighted by Crippen LogP contribution is -2.35. The third-order valence-corrected chi connectivity index (χ3v) is 6.64. The molecule has 1 aromatic heterocycles. The van der Waals surface area contributed by atoms with Crippen LogP contribution in [0.25, 0.3) is 10.9 Å². The highest BCUT2D eigenvalue weighted by molar-refractivity contribution is 6.59. The van der Waals surface area contributed by atoms with E-state index in [4.69, 9.17) is 0 Å². The summed E-state index contributed by atoms with van der Waals surface area (Å²) in [6, 6.07) is 11.4. The molecule has 0 atom stereocenters. The molecule has 2 aromatic carbocycles. The number of fused-ring (bicyclic) bond motifs is 2. The van der Waals surface area contributed by atoms with Crippen LogP contribution in [0.15, 0.2) is 41.2 Å². The highest BCUT2D eigenvalue weighted by Crippen LogP contribution is 2.39. The largest absolute Gasteiger partial charge is 0.488 e. The number of hydrogen-bond donors (Lipinski definition) is 3. The number of aryl methyl sites for hydroxylation is 2. The van der Waals surface area contributed by atoms with E-state index in [0.717, 1.165) is 54.4 Å². The van der Waals surface area contributed by atoms with Gasteiger partial charge in [0.1, 0.15) is 0 Å². The molecule has 0 radical (unpaired) electrons. The zero-order valence-corrected chi connectivity index (χ0v) is 17.9. The highest BCUT2D eigenvalue weighted by Gasteiger charge is 2.27. The van der Waals surface area contributed by atoms with Gasteiger partial charge < -0.3 is 19.9 Å². The van der Waals surface area contributed by atoms with Gasteiger partial charge in [0.15, 0.2) is 0 Å². The molecular formula is C24H28BN3O3. The van der Waals surface area contributed by atoms with E-state index in [1.54, 1.807) is 18.2 Å². The Hall–Kier alpha value is -2.61. The number of benzene rings is 2. The Kier molecular flexibility index (Phi) is 5.34. The number of anilines is 1. The molecular weight excluding hydrogens is 389 g/mol. The Bertz CT molecular complexity index is 1190. The molecule has 0 aliphatic carbocycles. The van der Waals surface area contributed by atoms with E-state index in [9.17, 15) is 14.8 Å². The molecule has 6 nitrogen and oxygen atoms in total. The SMILES string of the molecule is CN(Cc1ccccc1B(O)O)Cc1cc(=O)[nH]c2c3c4c(cc12)CCCN4CCC3. The fourth-order valence-corrected chi connectivity index (χ4v) is 5.35. The van der Waals surface area contributed by atoms with Crippen LogP contribution in [0.5, 0.6) is 0 Å². The number of aromatic amines is 1. The standard InChI is InChI=1S/C24H28BN3O3/c1-27(14-17-6-2-3-9-21(17)25(30)31)15-18-13-22(29)26-23-19-8-5-11-28-10-4-7-16(24(19)28)12-20(18)23/h2-3,6,9,12-13,30-31H,4-5,7-8,10-11,14-15H2,1H3,(H,26,29). The molecule has 3 aromatic rings. The van der Waals surface area contributed by atoms with Crippen molar-refractivity contribution in [1.82, 2.24) is 9.88 Å². The number of H-pyrrole nitrogens is 1. The van der Waals surface area contributed by atoms with Crippen LogP contribution >= 0.6 is 0 Å². The molecule has 0 saturated heterocycles. The zero-order chi connectivity index (χ0) is 21.5. The van der Waals surface area contributed by atoms with Crippen molar-refractivity contribution in [3.63, 3.8) is 0 Å². The van der Waals surface area contributed by atoms with Crippen LogP contribution in [0.1, 0.15) is 35.1 Å².